The molecule has 0 atom stereocenters. The molecule has 0 spiro atoms. The standard InChI is InChI=1S/C9H8BrFN4S/c10-7-5(3-12)1-2-6(8(7)11)16-9-13-4-14-15-9/h1-2,4H,3,12H2,(H,13,14,15). The second-order valence-electron chi connectivity index (χ2n) is 2.95. The highest BCUT2D eigenvalue weighted by Crippen LogP contribution is 2.32. The summed E-state index contributed by atoms with van der Waals surface area (Å²) in [5, 5.41) is 6.90. The smallest absolute Gasteiger partial charge is 0.188 e. The van der Waals surface area contributed by atoms with Crippen LogP contribution in [0.3, 0.4) is 0 Å². The van der Waals surface area contributed by atoms with Crippen molar-refractivity contribution in [3.05, 3.63) is 34.3 Å². The number of benzene rings is 1. The largest absolute Gasteiger partial charge is 0.326 e. The lowest BCUT2D eigenvalue weighted by atomic mass is 10.2. The van der Waals surface area contributed by atoms with E-state index < -0.39 is 0 Å². The molecule has 16 heavy (non-hydrogen) atoms. The molecule has 0 aliphatic carbocycles. The Kier molecular flexibility index (Phi) is 3.57. The predicted octanol–water partition coefficient (Wildman–Crippen LogP) is 2.32. The summed E-state index contributed by atoms with van der Waals surface area (Å²) in [6, 6.07) is 3.46. The van der Waals surface area contributed by atoms with Crippen LogP contribution in [0.4, 0.5) is 4.39 Å². The maximum Gasteiger partial charge on any atom is 0.188 e. The minimum Gasteiger partial charge on any atom is -0.326 e. The summed E-state index contributed by atoms with van der Waals surface area (Å²) in [5.74, 6) is -0.329. The molecule has 1 aromatic heterocycles. The van der Waals surface area contributed by atoms with Crippen LogP contribution < -0.4 is 5.73 Å². The fraction of sp³-hybridized carbons (Fsp3) is 0.111. The van der Waals surface area contributed by atoms with E-state index in [0.717, 1.165) is 5.56 Å². The van der Waals surface area contributed by atoms with Gasteiger partial charge in [0.2, 0.25) is 0 Å². The number of aromatic nitrogens is 3. The Balaban J connectivity index is 2.32. The van der Waals surface area contributed by atoms with Gasteiger partial charge in [-0.1, -0.05) is 6.07 Å². The number of nitrogens with two attached hydrogens (primary N) is 1. The zero-order valence-corrected chi connectivity index (χ0v) is 10.5. The summed E-state index contributed by atoms with van der Waals surface area (Å²) in [7, 11) is 0. The number of rotatable bonds is 3. The van der Waals surface area contributed by atoms with Crippen molar-refractivity contribution in [2.24, 2.45) is 5.73 Å². The molecule has 0 saturated heterocycles. The Hall–Kier alpha value is -0.920. The van der Waals surface area contributed by atoms with E-state index in [1.807, 2.05) is 0 Å². The third-order valence-electron chi connectivity index (χ3n) is 1.95. The summed E-state index contributed by atoms with van der Waals surface area (Å²) in [5.41, 5.74) is 6.21. The molecule has 0 unspecified atom stereocenters. The zero-order valence-electron chi connectivity index (χ0n) is 8.08. The number of H-pyrrole nitrogens is 1. The molecule has 0 saturated carbocycles. The van der Waals surface area contributed by atoms with Crippen molar-refractivity contribution >= 4 is 27.7 Å². The van der Waals surface area contributed by atoms with E-state index in [2.05, 4.69) is 31.1 Å². The molecule has 0 bridgehead atoms. The van der Waals surface area contributed by atoms with Gasteiger partial charge in [-0.25, -0.2) is 9.37 Å². The maximum absolute atomic E-state index is 13.9. The highest BCUT2D eigenvalue weighted by molar-refractivity contribution is 9.10. The molecule has 2 aromatic rings. The van der Waals surface area contributed by atoms with Crippen molar-refractivity contribution in [3.63, 3.8) is 0 Å². The summed E-state index contributed by atoms with van der Waals surface area (Å²) in [6.07, 6.45) is 1.38. The Morgan fingerprint density at radius 2 is 2.31 bits per heavy atom. The van der Waals surface area contributed by atoms with Crippen LogP contribution >= 0.6 is 27.7 Å². The average molecular weight is 303 g/mol. The van der Waals surface area contributed by atoms with E-state index >= 15 is 0 Å². The van der Waals surface area contributed by atoms with Crippen molar-refractivity contribution in [2.75, 3.05) is 0 Å². The summed E-state index contributed by atoms with van der Waals surface area (Å²) >= 11 is 4.36. The van der Waals surface area contributed by atoms with Crippen molar-refractivity contribution in [1.29, 1.82) is 0 Å². The van der Waals surface area contributed by atoms with Crippen LogP contribution in [0.5, 0.6) is 0 Å². The van der Waals surface area contributed by atoms with E-state index in [1.54, 1.807) is 12.1 Å². The zero-order chi connectivity index (χ0) is 11.5. The fourth-order valence-electron chi connectivity index (χ4n) is 1.16. The number of aromatic amines is 1. The van der Waals surface area contributed by atoms with Crippen molar-refractivity contribution in [2.45, 2.75) is 16.6 Å². The molecule has 3 N–H and O–H groups in total. The molecule has 1 aromatic carbocycles. The van der Waals surface area contributed by atoms with E-state index in [4.69, 9.17) is 5.73 Å². The lowest BCUT2D eigenvalue weighted by molar-refractivity contribution is 0.591. The van der Waals surface area contributed by atoms with Gasteiger partial charge in [0.25, 0.3) is 0 Å². The van der Waals surface area contributed by atoms with Crippen LogP contribution in [0.1, 0.15) is 5.56 Å². The Morgan fingerprint density at radius 3 is 2.94 bits per heavy atom. The van der Waals surface area contributed by atoms with Crippen molar-refractivity contribution < 1.29 is 4.39 Å². The molecule has 84 valence electrons. The molecule has 0 amide bonds. The van der Waals surface area contributed by atoms with Gasteiger partial charge in [0.15, 0.2) is 11.0 Å². The van der Waals surface area contributed by atoms with Crippen LogP contribution in [0.15, 0.2) is 33.0 Å². The van der Waals surface area contributed by atoms with Gasteiger partial charge in [-0.15, -0.1) is 0 Å². The molecular weight excluding hydrogens is 295 g/mol. The highest BCUT2D eigenvalue weighted by Gasteiger charge is 2.12. The highest BCUT2D eigenvalue weighted by atomic mass is 79.9. The van der Waals surface area contributed by atoms with Crippen LogP contribution in [0, 0.1) is 5.82 Å². The van der Waals surface area contributed by atoms with Crippen LogP contribution in [0.2, 0.25) is 0 Å². The average Bonchev–Trinajstić information content (AvgIpc) is 2.78. The molecular formula is C9H8BrFN4S. The molecule has 0 aliphatic rings. The first-order valence-corrected chi connectivity index (χ1v) is 6.03. The van der Waals surface area contributed by atoms with Crippen molar-refractivity contribution in [1.82, 2.24) is 15.2 Å². The van der Waals surface area contributed by atoms with Gasteiger partial charge in [0, 0.05) is 6.54 Å². The Morgan fingerprint density at radius 1 is 1.50 bits per heavy atom. The monoisotopic (exact) mass is 302 g/mol. The Bertz CT molecular complexity index is 489. The normalized spacial score (nSPS) is 10.7. The molecule has 2 rings (SSSR count). The molecule has 1 heterocycles. The first-order chi connectivity index (χ1) is 7.72. The lowest BCUT2D eigenvalue weighted by Crippen LogP contribution is -1.99. The SMILES string of the molecule is NCc1ccc(Sc2ncn[nH]2)c(F)c1Br. The van der Waals surface area contributed by atoms with Crippen molar-refractivity contribution in [3.8, 4) is 0 Å². The lowest BCUT2D eigenvalue weighted by Gasteiger charge is -2.06. The van der Waals surface area contributed by atoms with E-state index in [0.29, 0.717) is 21.1 Å². The first-order valence-electron chi connectivity index (χ1n) is 4.42. The van der Waals surface area contributed by atoms with Crippen LogP contribution in [0.25, 0.3) is 0 Å². The summed E-state index contributed by atoms with van der Waals surface area (Å²) in [6.45, 7) is 0.296. The number of halogens is 2. The number of nitrogens with one attached hydrogen (secondary N) is 1. The van der Waals surface area contributed by atoms with Crippen LogP contribution in [-0.2, 0) is 6.54 Å². The molecule has 4 nitrogen and oxygen atoms in total. The summed E-state index contributed by atoms with van der Waals surface area (Å²) in [4.78, 5) is 4.39. The van der Waals surface area contributed by atoms with Gasteiger partial charge in [0.05, 0.1) is 9.37 Å². The van der Waals surface area contributed by atoms with Gasteiger partial charge in [0.1, 0.15) is 6.33 Å². The predicted molar refractivity (Wildman–Crippen MR) is 62.5 cm³/mol. The Labute approximate surface area is 104 Å². The molecule has 0 aliphatic heterocycles. The molecule has 0 fully saturated rings. The van der Waals surface area contributed by atoms with Gasteiger partial charge in [-0.2, -0.15) is 5.10 Å². The fourth-order valence-corrected chi connectivity index (χ4v) is 2.53. The van der Waals surface area contributed by atoms with Gasteiger partial charge >= 0.3 is 0 Å². The summed E-state index contributed by atoms with van der Waals surface area (Å²) < 4.78 is 14.3. The van der Waals surface area contributed by atoms with E-state index in [-0.39, 0.29) is 5.82 Å². The second kappa shape index (κ2) is 4.94. The van der Waals surface area contributed by atoms with Crippen LogP contribution in [-0.4, -0.2) is 15.2 Å². The third-order valence-corrected chi connectivity index (χ3v) is 3.73. The van der Waals surface area contributed by atoms with Gasteiger partial charge < -0.3 is 5.73 Å². The minimum absolute atomic E-state index is 0.296. The quantitative estimate of drug-likeness (QED) is 0.913. The third kappa shape index (κ3) is 2.26. The van der Waals surface area contributed by atoms with E-state index in [9.17, 15) is 4.39 Å². The van der Waals surface area contributed by atoms with Gasteiger partial charge in [-0.3, -0.25) is 5.10 Å². The molecule has 7 heteroatoms. The van der Waals surface area contributed by atoms with E-state index in [1.165, 1.54) is 18.1 Å². The molecule has 0 radical (unpaired) electrons. The minimum atomic E-state index is -0.329. The number of hydrogen-bond donors (Lipinski definition) is 2. The second-order valence-corrected chi connectivity index (χ2v) is 4.77. The number of nitrogens with zero attached hydrogens (tertiary/aromatic N) is 2. The maximum atomic E-state index is 13.9. The number of hydrogen-bond acceptors (Lipinski definition) is 4. The topological polar surface area (TPSA) is 67.6 Å². The van der Waals surface area contributed by atoms with Gasteiger partial charge in [-0.05, 0) is 39.3 Å². The first kappa shape index (κ1) is 11.6.